The van der Waals surface area contributed by atoms with Crippen molar-refractivity contribution in [3.8, 4) is 0 Å². The van der Waals surface area contributed by atoms with Crippen LogP contribution >= 0.6 is 0 Å². The third-order valence-electron chi connectivity index (χ3n) is 4.16. The van der Waals surface area contributed by atoms with Crippen LogP contribution in [0.3, 0.4) is 0 Å². The topological polar surface area (TPSA) is 18.5 Å². The van der Waals surface area contributed by atoms with E-state index in [0.29, 0.717) is 0 Å². The van der Waals surface area contributed by atoms with Gasteiger partial charge in [-0.05, 0) is 71.9 Å². The third kappa shape index (κ3) is 3.72. The zero-order valence-electron chi connectivity index (χ0n) is 10.9. The Hall–Kier alpha value is -0.120. The van der Waals surface area contributed by atoms with Gasteiger partial charge in [0, 0.05) is 12.6 Å². The second-order valence-electron chi connectivity index (χ2n) is 5.76. The van der Waals surface area contributed by atoms with E-state index in [2.05, 4.69) is 29.2 Å². The number of nitrogens with one attached hydrogen (secondary N) is 1. The van der Waals surface area contributed by atoms with Crippen LogP contribution < -0.4 is 5.32 Å². The van der Waals surface area contributed by atoms with Gasteiger partial charge in [-0.25, -0.2) is 0 Å². The van der Waals surface area contributed by atoms with Gasteiger partial charge in [-0.3, -0.25) is 0 Å². The first kappa shape index (κ1) is 12.3. The first-order chi connectivity index (χ1) is 7.74. The largest absolute Gasteiger partial charge is 0.312 e. The number of likely N-dealkylation sites (N-methyl/N-ethyl adjacent to an activating group) is 1. The van der Waals surface area contributed by atoms with Crippen LogP contribution in [0.2, 0.25) is 0 Å². The van der Waals surface area contributed by atoms with Crippen molar-refractivity contribution in [3.05, 3.63) is 0 Å². The van der Waals surface area contributed by atoms with Gasteiger partial charge in [0.25, 0.3) is 0 Å². The van der Waals surface area contributed by atoms with Crippen molar-refractivity contribution >= 4 is 0 Å². The average Bonchev–Trinajstić information content (AvgIpc) is 2.28. The maximum absolute atomic E-state index is 3.78. The lowest BCUT2D eigenvalue weighted by atomic mass is 9.96. The summed E-state index contributed by atoms with van der Waals surface area (Å²) in [5.41, 5.74) is 0. The van der Waals surface area contributed by atoms with Crippen molar-refractivity contribution in [2.45, 2.75) is 31.7 Å². The molecule has 0 bridgehead atoms. The molecule has 2 saturated heterocycles. The van der Waals surface area contributed by atoms with Crippen molar-refractivity contribution in [1.29, 1.82) is 0 Å². The van der Waals surface area contributed by atoms with E-state index in [1.165, 1.54) is 58.4 Å². The van der Waals surface area contributed by atoms with Crippen molar-refractivity contribution in [2.24, 2.45) is 5.92 Å². The number of hydrogen-bond acceptors (Lipinski definition) is 3. The second-order valence-corrected chi connectivity index (χ2v) is 5.76. The minimum Gasteiger partial charge on any atom is -0.312 e. The van der Waals surface area contributed by atoms with E-state index in [4.69, 9.17) is 0 Å². The number of likely N-dealkylation sites (tertiary alicyclic amines) is 2. The zero-order chi connectivity index (χ0) is 11.4. The number of nitrogens with zero attached hydrogens (tertiary/aromatic N) is 2. The highest BCUT2D eigenvalue weighted by Crippen LogP contribution is 2.16. The van der Waals surface area contributed by atoms with Crippen molar-refractivity contribution < 1.29 is 0 Å². The van der Waals surface area contributed by atoms with E-state index >= 15 is 0 Å². The molecule has 0 spiro atoms. The molecule has 0 saturated carbocycles. The van der Waals surface area contributed by atoms with Gasteiger partial charge < -0.3 is 15.1 Å². The first-order valence-electron chi connectivity index (χ1n) is 6.84. The first-order valence-corrected chi connectivity index (χ1v) is 6.84. The summed E-state index contributed by atoms with van der Waals surface area (Å²) in [7, 11) is 4.48. The lowest BCUT2D eigenvalue weighted by Crippen LogP contribution is -2.46. The maximum Gasteiger partial charge on any atom is 0.0195 e. The van der Waals surface area contributed by atoms with Crippen LogP contribution in [0, 0.1) is 5.92 Å². The maximum atomic E-state index is 3.78. The van der Waals surface area contributed by atoms with Gasteiger partial charge in [-0.15, -0.1) is 0 Å². The molecule has 0 amide bonds. The van der Waals surface area contributed by atoms with Gasteiger partial charge >= 0.3 is 0 Å². The second kappa shape index (κ2) is 5.99. The summed E-state index contributed by atoms with van der Waals surface area (Å²) in [5.74, 6) is 0.920. The fourth-order valence-electron chi connectivity index (χ4n) is 2.93. The number of hydrogen-bond donors (Lipinski definition) is 1. The predicted molar refractivity (Wildman–Crippen MR) is 68.7 cm³/mol. The van der Waals surface area contributed by atoms with Crippen LogP contribution in [0.15, 0.2) is 0 Å². The van der Waals surface area contributed by atoms with E-state index in [-0.39, 0.29) is 0 Å². The molecule has 2 rings (SSSR count). The number of piperidine rings is 2. The lowest BCUT2D eigenvalue weighted by molar-refractivity contribution is 0.191. The molecule has 2 fully saturated rings. The summed E-state index contributed by atoms with van der Waals surface area (Å²) in [4.78, 5) is 4.90. The van der Waals surface area contributed by atoms with Gasteiger partial charge in [0.2, 0.25) is 0 Å². The van der Waals surface area contributed by atoms with Crippen molar-refractivity contribution in [2.75, 3.05) is 46.8 Å². The zero-order valence-corrected chi connectivity index (χ0v) is 10.9. The van der Waals surface area contributed by atoms with E-state index in [0.717, 1.165) is 12.0 Å². The van der Waals surface area contributed by atoms with Crippen LogP contribution in [0.1, 0.15) is 25.7 Å². The van der Waals surface area contributed by atoms with E-state index < -0.39 is 0 Å². The quantitative estimate of drug-likeness (QED) is 0.773. The molecule has 0 aromatic rings. The molecule has 16 heavy (non-hydrogen) atoms. The molecule has 0 aromatic carbocycles. The standard InChI is InChI=1S/C13H27N3/c1-15-8-5-12(6-9-15)10-14-13-4-3-7-16(2)11-13/h12-14H,3-11H2,1-2H3. The Morgan fingerprint density at radius 3 is 2.44 bits per heavy atom. The lowest BCUT2D eigenvalue weighted by Gasteiger charge is -2.33. The summed E-state index contributed by atoms with van der Waals surface area (Å²) in [5, 5.41) is 3.78. The molecule has 0 aromatic heterocycles. The van der Waals surface area contributed by atoms with E-state index in [1.807, 2.05) is 0 Å². The van der Waals surface area contributed by atoms with Gasteiger partial charge in [0.05, 0.1) is 0 Å². The Kier molecular flexibility index (Phi) is 4.62. The molecule has 0 aliphatic carbocycles. The SMILES string of the molecule is CN1CCC(CNC2CCCN(C)C2)CC1. The molecule has 2 heterocycles. The van der Waals surface area contributed by atoms with Gasteiger partial charge in [0.15, 0.2) is 0 Å². The van der Waals surface area contributed by atoms with Gasteiger partial charge in [-0.1, -0.05) is 0 Å². The normalized spacial score (nSPS) is 30.8. The molecule has 1 atom stereocenters. The van der Waals surface area contributed by atoms with E-state index in [9.17, 15) is 0 Å². The molecule has 2 aliphatic rings. The Labute approximate surface area is 100 Å². The van der Waals surface area contributed by atoms with E-state index in [1.54, 1.807) is 0 Å². The summed E-state index contributed by atoms with van der Waals surface area (Å²) >= 11 is 0. The summed E-state index contributed by atoms with van der Waals surface area (Å²) in [6, 6.07) is 0.749. The fourth-order valence-corrected chi connectivity index (χ4v) is 2.93. The highest BCUT2D eigenvalue weighted by Gasteiger charge is 2.20. The van der Waals surface area contributed by atoms with Crippen molar-refractivity contribution in [3.63, 3.8) is 0 Å². The molecular formula is C13H27N3. The van der Waals surface area contributed by atoms with Crippen LogP contribution in [-0.2, 0) is 0 Å². The van der Waals surface area contributed by atoms with Crippen molar-refractivity contribution in [1.82, 2.24) is 15.1 Å². The van der Waals surface area contributed by atoms with Gasteiger partial charge in [0.1, 0.15) is 0 Å². The molecule has 2 aliphatic heterocycles. The Balaban J connectivity index is 1.63. The Morgan fingerprint density at radius 2 is 1.75 bits per heavy atom. The van der Waals surface area contributed by atoms with Crippen LogP contribution in [0.25, 0.3) is 0 Å². The average molecular weight is 225 g/mol. The fraction of sp³-hybridized carbons (Fsp3) is 1.00. The summed E-state index contributed by atoms with van der Waals surface area (Å²) in [6.07, 6.45) is 5.50. The summed E-state index contributed by atoms with van der Waals surface area (Å²) < 4.78 is 0. The smallest absolute Gasteiger partial charge is 0.0195 e. The third-order valence-corrected chi connectivity index (χ3v) is 4.16. The highest BCUT2D eigenvalue weighted by molar-refractivity contribution is 4.79. The molecule has 1 unspecified atom stereocenters. The highest BCUT2D eigenvalue weighted by atomic mass is 15.1. The van der Waals surface area contributed by atoms with Crippen LogP contribution in [-0.4, -0.2) is 62.7 Å². The van der Waals surface area contributed by atoms with Crippen LogP contribution in [0.5, 0.6) is 0 Å². The Morgan fingerprint density at radius 1 is 1.00 bits per heavy atom. The summed E-state index contributed by atoms with van der Waals surface area (Å²) in [6.45, 7) is 6.35. The molecular weight excluding hydrogens is 198 g/mol. The van der Waals surface area contributed by atoms with Crippen LogP contribution in [0.4, 0.5) is 0 Å². The minimum absolute atomic E-state index is 0.749. The molecule has 3 heteroatoms. The molecule has 3 nitrogen and oxygen atoms in total. The molecule has 94 valence electrons. The van der Waals surface area contributed by atoms with Gasteiger partial charge in [-0.2, -0.15) is 0 Å². The predicted octanol–water partition coefficient (Wildman–Crippen LogP) is 1.01. The molecule has 1 N–H and O–H groups in total. The number of rotatable bonds is 3. The Bertz CT molecular complexity index is 199. The monoisotopic (exact) mass is 225 g/mol. The molecule has 0 radical (unpaired) electrons. The minimum atomic E-state index is 0.749.